The van der Waals surface area contributed by atoms with E-state index in [-0.39, 0.29) is 10.8 Å². The van der Waals surface area contributed by atoms with Crippen LogP contribution in [0.2, 0.25) is 0 Å². The molecule has 6 nitrogen and oxygen atoms in total. The number of benzene rings is 3. The van der Waals surface area contributed by atoms with Gasteiger partial charge in [-0.25, -0.2) is 8.42 Å². The lowest BCUT2D eigenvalue weighted by molar-refractivity contribution is 0.0942. The standard InChI is InChI=1S/C25H28N2O4S/c1-27(23-13-6-3-7-14-23)32(29,30)24-15-8-12-22(20-24)25(28)26-17-9-18-31-19-16-21-10-4-2-5-11-21/h2-8,10-15,20H,9,16-19H2,1H3,(H,26,28). The van der Waals surface area contributed by atoms with Gasteiger partial charge in [0.2, 0.25) is 0 Å². The Balaban J connectivity index is 1.47. The van der Waals surface area contributed by atoms with E-state index in [1.54, 1.807) is 36.4 Å². The molecule has 3 rings (SSSR count). The normalized spacial score (nSPS) is 11.2. The molecular weight excluding hydrogens is 424 g/mol. The zero-order valence-electron chi connectivity index (χ0n) is 18.1. The summed E-state index contributed by atoms with van der Waals surface area (Å²) in [6.07, 6.45) is 1.53. The van der Waals surface area contributed by atoms with E-state index in [1.807, 2.05) is 24.3 Å². The summed E-state index contributed by atoms with van der Waals surface area (Å²) >= 11 is 0. The van der Waals surface area contributed by atoms with Crippen molar-refractivity contribution in [2.75, 3.05) is 31.1 Å². The van der Waals surface area contributed by atoms with Crippen LogP contribution in [-0.2, 0) is 21.2 Å². The first-order valence-electron chi connectivity index (χ1n) is 10.5. The zero-order valence-corrected chi connectivity index (χ0v) is 18.9. The van der Waals surface area contributed by atoms with Gasteiger partial charge in [-0.1, -0.05) is 54.6 Å². The molecule has 1 amide bonds. The van der Waals surface area contributed by atoms with Crippen molar-refractivity contribution in [2.24, 2.45) is 0 Å². The van der Waals surface area contributed by atoms with E-state index < -0.39 is 10.0 Å². The maximum absolute atomic E-state index is 12.9. The lowest BCUT2D eigenvalue weighted by atomic mass is 10.2. The maximum atomic E-state index is 12.9. The van der Waals surface area contributed by atoms with Crippen molar-refractivity contribution in [3.05, 3.63) is 96.1 Å². The molecule has 0 heterocycles. The van der Waals surface area contributed by atoms with Gasteiger partial charge in [-0.3, -0.25) is 9.10 Å². The SMILES string of the molecule is CN(c1ccccc1)S(=O)(=O)c1cccc(C(=O)NCCCOCCc2ccccc2)c1. The quantitative estimate of drug-likeness (QED) is 0.448. The van der Waals surface area contributed by atoms with E-state index in [4.69, 9.17) is 4.74 Å². The Bertz CT molecular complexity index is 1100. The number of nitrogens with zero attached hydrogens (tertiary/aromatic N) is 1. The summed E-state index contributed by atoms with van der Waals surface area (Å²) in [4.78, 5) is 12.5. The number of ether oxygens (including phenoxy) is 1. The highest BCUT2D eigenvalue weighted by atomic mass is 32.2. The van der Waals surface area contributed by atoms with Gasteiger partial charge in [-0.15, -0.1) is 0 Å². The summed E-state index contributed by atoms with van der Waals surface area (Å²) in [6, 6.07) is 25.0. The maximum Gasteiger partial charge on any atom is 0.264 e. The second kappa shape index (κ2) is 11.5. The first-order valence-corrected chi connectivity index (χ1v) is 12.0. The smallest absolute Gasteiger partial charge is 0.264 e. The Morgan fingerprint density at radius 1 is 0.906 bits per heavy atom. The van der Waals surface area contributed by atoms with Crippen molar-refractivity contribution < 1.29 is 17.9 Å². The minimum Gasteiger partial charge on any atom is -0.381 e. The highest BCUT2D eigenvalue weighted by molar-refractivity contribution is 7.92. The summed E-state index contributed by atoms with van der Waals surface area (Å²) in [5.41, 5.74) is 2.08. The van der Waals surface area contributed by atoms with E-state index in [9.17, 15) is 13.2 Å². The molecule has 0 aliphatic carbocycles. The predicted molar refractivity (Wildman–Crippen MR) is 126 cm³/mol. The molecule has 0 aromatic heterocycles. The van der Waals surface area contributed by atoms with Crippen LogP contribution in [0, 0.1) is 0 Å². The molecule has 0 fully saturated rings. The Morgan fingerprint density at radius 2 is 1.59 bits per heavy atom. The number of amides is 1. The third kappa shape index (κ3) is 6.42. The number of nitrogens with one attached hydrogen (secondary N) is 1. The average molecular weight is 453 g/mol. The van der Waals surface area contributed by atoms with Crippen LogP contribution < -0.4 is 9.62 Å². The van der Waals surface area contributed by atoms with Crippen LogP contribution in [0.4, 0.5) is 5.69 Å². The first kappa shape index (κ1) is 23.5. The van der Waals surface area contributed by atoms with Gasteiger partial charge in [0.15, 0.2) is 0 Å². The van der Waals surface area contributed by atoms with E-state index in [2.05, 4.69) is 17.4 Å². The zero-order chi connectivity index (χ0) is 22.8. The lowest BCUT2D eigenvalue weighted by Gasteiger charge is -2.19. The fraction of sp³-hybridized carbons (Fsp3) is 0.240. The lowest BCUT2D eigenvalue weighted by Crippen LogP contribution is -2.28. The number of anilines is 1. The number of hydrogen-bond acceptors (Lipinski definition) is 4. The number of sulfonamides is 1. The van der Waals surface area contributed by atoms with Crippen molar-refractivity contribution in [1.29, 1.82) is 0 Å². The van der Waals surface area contributed by atoms with E-state index in [1.165, 1.54) is 29.0 Å². The molecule has 7 heteroatoms. The van der Waals surface area contributed by atoms with Crippen molar-refractivity contribution in [1.82, 2.24) is 5.32 Å². The van der Waals surface area contributed by atoms with Crippen molar-refractivity contribution in [3.8, 4) is 0 Å². The van der Waals surface area contributed by atoms with Gasteiger partial charge in [0.1, 0.15) is 0 Å². The minimum absolute atomic E-state index is 0.0701. The Hall–Kier alpha value is -3.16. The van der Waals surface area contributed by atoms with Crippen molar-refractivity contribution in [2.45, 2.75) is 17.7 Å². The van der Waals surface area contributed by atoms with Crippen LogP contribution in [0.3, 0.4) is 0 Å². The van der Waals surface area contributed by atoms with E-state index in [0.29, 0.717) is 37.4 Å². The largest absolute Gasteiger partial charge is 0.381 e. The van der Waals surface area contributed by atoms with Gasteiger partial charge in [-0.05, 0) is 48.7 Å². The molecule has 3 aromatic carbocycles. The molecule has 0 saturated heterocycles. The molecule has 0 aliphatic heterocycles. The van der Waals surface area contributed by atoms with Crippen molar-refractivity contribution >= 4 is 21.6 Å². The molecule has 0 radical (unpaired) electrons. The van der Waals surface area contributed by atoms with Gasteiger partial charge in [0, 0.05) is 25.8 Å². The minimum atomic E-state index is -3.77. The molecule has 0 unspecified atom stereocenters. The number of para-hydroxylation sites is 1. The van der Waals surface area contributed by atoms with Crippen LogP contribution in [0.15, 0.2) is 89.8 Å². The van der Waals surface area contributed by atoms with Gasteiger partial charge < -0.3 is 10.1 Å². The summed E-state index contributed by atoms with van der Waals surface area (Å²) in [5.74, 6) is -0.311. The third-order valence-electron chi connectivity index (χ3n) is 5.00. The average Bonchev–Trinajstić information content (AvgIpc) is 2.84. The fourth-order valence-electron chi connectivity index (χ4n) is 3.15. The molecule has 0 aliphatic rings. The summed E-state index contributed by atoms with van der Waals surface area (Å²) in [6.45, 7) is 1.63. The second-order valence-electron chi connectivity index (χ2n) is 7.29. The Kier molecular flexibility index (Phi) is 8.41. The molecule has 0 bridgehead atoms. The van der Waals surface area contributed by atoms with Crippen LogP contribution >= 0.6 is 0 Å². The molecule has 168 valence electrons. The fourth-order valence-corrected chi connectivity index (χ4v) is 4.39. The molecule has 0 atom stereocenters. The first-order chi connectivity index (χ1) is 15.5. The monoisotopic (exact) mass is 452 g/mol. The van der Waals surface area contributed by atoms with Crippen LogP contribution in [0.25, 0.3) is 0 Å². The molecule has 1 N–H and O–H groups in total. The topological polar surface area (TPSA) is 75.7 Å². The number of rotatable bonds is 11. The Labute approximate surface area is 189 Å². The number of carbonyl (C=O) groups is 1. The molecule has 32 heavy (non-hydrogen) atoms. The summed E-state index contributed by atoms with van der Waals surface area (Å²) in [7, 11) is -2.28. The van der Waals surface area contributed by atoms with Gasteiger partial charge in [0.05, 0.1) is 17.2 Å². The van der Waals surface area contributed by atoms with Crippen molar-refractivity contribution in [3.63, 3.8) is 0 Å². The third-order valence-corrected chi connectivity index (χ3v) is 6.78. The summed E-state index contributed by atoms with van der Waals surface area (Å²) < 4.78 is 32.7. The van der Waals surface area contributed by atoms with E-state index in [0.717, 1.165) is 6.42 Å². The Morgan fingerprint density at radius 3 is 2.31 bits per heavy atom. The summed E-state index contributed by atoms with van der Waals surface area (Å²) in [5, 5.41) is 2.82. The molecule has 0 saturated carbocycles. The second-order valence-corrected chi connectivity index (χ2v) is 9.26. The van der Waals surface area contributed by atoms with Crippen LogP contribution in [0.5, 0.6) is 0 Å². The van der Waals surface area contributed by atoms with E-state index >= 15 is 0 Å². The molecule has 3 aromatic rings. The van der Waals surface area contributed by atoms with Gasteiger partial charge in [-0.2, -0.15) is 0 Å². The number of carbonyl (C=O) groups excluding carboxylic acids is 1. The van der Waals surface area contributed by atoms with Gasteiger partial charge >= 0.3 is 0 Å². The van der Waals surface area contributed by atoms with Crippen LogP contribution in [0.1, 0.15) is 22.3 Å². The van der Waals surface area contributed by atoms with Crippen LogP contribution in [-0.4, -0.2) is 41.1 Å². The molecular formula is C25H28N2O4S. The predicted octanol–water partition coefficient (Wildman–Crippen LogP) is 3.89. The highest BCUT2D eigenvalue weighted by Gasteiger charge is 2.22. The highest BCUT2D eigenvalue weighted by Crippen LogP contribution is 2.22. The molecule has 0 spiro atoms. The van der Waals surface area contributed by atoms with Gasteiger partial charge in [0.25, 0.3) is 15.9 Å². The number of hydrogen-bond donors (Lipinski definition) is 1.